The van der Waals surface area contributed by atoms with E-state index >= 15 is 0 Å². The Morgan fingerprint density at radius 3 is 2.36 bits per heavy atom. The largest absolute Gasteiger partial charge is 0.354 e. The number of nitrogens with two attached hydrogens (primary N) is 2. The van der Waals surface area contributed by atoms with Crippen molar-refractivity contribution < 1.29 is 9.59 Å². The van der Waals surface area contributed by atoms with Gasteiger partial charge in [-0.2, -0.15) is 4.98 Å². The number of nitrogens with one attached hydrogen (secondary N) is 1. The van der Waals surface area contributed by atoms with Crippen LogP contribution in [-0.4, -0.2) is 93.1 Å². The highest BCUT2D eigenvalue weighted by Gasteiger charge is 2.53. The van der Waals surface area contributed by atoms with E-state index in [1.807, 2.05) is 6.07 Å². The van der Waals surface area contributed by atoms with Crippen LogP contribution in [0.4, 0.5) is 10.6 Å². The van der Waals surface area contributed by atoms with Gasteiger partial charge in [-0.05, 0) is 101 Å². The summed E-state index contributed by atoms with van der Waals surface area (Å²) in [4.78, 5) is 48.2. The first kappa shape index (κ1) is 28.8. The fourth-order valence-electron chi connectivity index (χ4n) is 7.51. The van der Waals surface area contributed by atoms with Crippen molar-refractivity contribution in [1.29, 1.82) is 0 Å². The zero-order valence-corrected chi connectivity index (χ0v) is 25.0. The third-order valence-electron chi connectivity index (χ3n) is 9.99. The van der Waals surface area contributed by atoms with Crippen LogP contribution in [0.3, 0.4) is 0 Å². The van der Waals surface area contributed by atoms with Gasteiger partial charge in [-0.1, -0.05) is 6.07 Å². The van der Waals surface area contributed by atoms with Crippen LogP contribution >= 0.6 is 0 Å². The lowest BCUT2D eigenvalue weighted by Gasteiger charge is -2.60. The maximum Gasteiger partial charge on any atom is 0.354 e. The van der Waals surface area contributed by atoms with Gasteiger partial charge >= 0.3 is 11.7 Å². The van der Waals surface area contributed by atoms with Crippen LogP contribution in [0, 0.1) is 5.41 Å². The molecule has 6 rings (SSSR count). The van der Waals surface area contributed by atoms with Crippen molar-refractivity contribution in [3.8, 4) is 5.69 Å². The fourth-order valence-corrected chi connectivity index (χ4v) is 7.51. The highest BCUT2D eigenvalue weighted by Crippen LogP contribution is 2.57. The van der Waals surface area contributed by atoms with Crippen molar-refractivity contribution in [2.24, 2.45) is 16.9 Å². The van der Waals surface area contributed by atoms with Gasteiger partial charge < -0.3 is 26.2 Å². The van der Waals surface area contributed by atoms with Crippen molar-refractivity contribution in [3.05, 3.63) is 52.1 Å². The highest BCUT2D eigenvalue weighted by atomic mass is 16.2. The Morgan fingerprint density at radius 1 is 1.02 bits per heavy atom. The third-order valence-corrected chi connectivity index (χ3v) is 9.99. The van der Waals surface area contributed by atoms with E-state index in [1.54, 1.807) is 35.9 Å². The summed E-state index contributed by atoms with van der Waals surface area (Å²) in [6.07, 6.45) is 9.76. The molecular formula is C31H44N8O3. The molecule has 2 aromatic rings. The van der Waals surface area contributed by atoms with Crippen LogP contribution in [0.25, 0.3) is 5.69 Å². The summed E-state index contributed by atoms with van der Waals surface area (Å²) in [5.41, 5.74) is 14.5. The molecule has 11 heteroatoms. The fraction of sp³-hybridized carbons (Fsp3) is 0.613. The number of fused-ring (bicyclic) bond motifs is 1. The first-order chi connectivity index (χ1) is 19.9. The number of amides is 3. The Morgan fingerprint density at radius 2 is 1.71 bits per heavy atom. The molecule has 1 spiro atoms. The molecule has 1 saturated heterocycles. The number of carbonyl (C=O) groups is 2. The van der Waals surface area contributed by atoms with E-state index in [1.165, 1.54) is 41.4 Å². The summed E-state index contributed by atoms with van der Waals surface area (Å²) in [7, 11) is 2.29. The van der Waals surface area contributed by atoms with E-state index < -0.39 is 11.2 Å². The summed E-state index contributed by atoms with van der Waals surface area (Å²) in [5.74, 6) is 0.0665. The molecule has 1 atom stereocenters. The lowest BCUT2D eigenvalue weighted by Crippen LogP contribution is -2.60. The summed E-state index contributed by atoms with van der Waals surface area (Å²) >= 11 is 0. The molecule has 11 nitrogen and oxygen atoms in total. The molecule has 3 fully saturated rings. The van der Waals surface area contributed by atoms with Gasteiger partial charge in [-0.15, -0.1) is 0 Å². The minimum atomic E-state index is -0.944. The molecule has 1 aliphatic heterocycles. The number of rotatable bonds is 5. The lowest BCUT2D eigenvalue weighted by atomic mass is 9.52. The van der Waals surface area contributed by atoms with Crippen molar-refractivity contribution in [2.75, 3.05) is 38.5 Å². The molecule has 0 radical (unpaired) electrons. The quantitative estimate of drug-likeness (QED) is 0.492. The second-order valence-electron chi connectivity index (χ2n) is 13.6. The van der Waals surface area contributed by atoms with E-state index in [4.69, 9.17) is 11.5 Å². The lowest BCUT2D eigenvalue weighted by molar-refractivity contribution is -0.137. The number of carbonyl (C=O) groups excluding carboxylic acids is 2. The highest BCUT2D eigenvalue weighted by molar-refractivity contribution is 5.89. The zero-order valence-electron chi connectivity index (χ0n) is 25.0. The minimum Gasteiger partial charge on any atom is -0.338 e. The molecule has 1 aromatic carbocycles. The first-order valence-electron chi connectivity index (χ1n) is 15.2. The smallest absolute Gasteiger partial charge is 0.338 e. The normalized spacial score (nSPS) is 27.3. The molecule has 3 aliphatic carbocycles. The maximum absolute atomic E-state index is 13.0. The maximum atomic E-state index is 13.0. The van der Waals surface area contributed by atoms with Crippen LogP contribution < -0.4 is 22.5 Å². The number of benzene rings is 1. The van der Waals surface area contributed by atoms with E-state index in [2.05, 4.69) is 34.4 Å². The van der Waals surface area contributed by atoms with Gasteiger partial charge in [0.1, 0.15) is 5.82 Å². The molecule has 1 aromatic heterocycles. The van der Waals surface area contributed by atoms with Gasteiger partial charge in [0.2, 0.25) is 5.91 Å². The molecule has 5 N–H and O–H groups in total. The Kier molecular flexibility index (Phi) is 7.39. The summed E-state index contributed by atoms with van der Waals surface area (Å²) < 4.78 is 1.52. The van der Waals surface area contributed by atoms with Gasteiger partial charge in [0.05, 0.1) is 11.2 Å². The van der Waals surface area contributed by atoms with Gasteiger partial charge in [0.15, 0.2) is 0 Å². The molecule has 42 heavy (non-hydrogen) atoms. The molecular weight excluding hydrogens is 532 g/mol. The summed E-state index contributed by atoms with van der Waals surface area (Å²) in [5, 5.41) is 2.73. The van der Waals surface area contributed by atoms with Gasteiger partial charge in [0.25, 0.3) is 0 Å². The molecule has 2 heterocycles. The Hall–Kier alpha value is -3.28. The number of nitrogens with zero attached hydrogens (tertiary/aromatic N) is 5. The van der Waals surface area contributed by atoms with E-state index in [9.17, 15) is 14.4 Å². The third kappa shape index (κ3) is 5.57. The number of piperazine rings is 1. The van der Waals surface area contributed by atoms with Crippen LogP contribution in [0.2, 0.25) is 0 Å². The van der Waals surface area contributed by atoms with Gasteiger partial charge in [-0.3, -0.25) is 14.7 Å². The average molecular weight is 577 g/mol. The van der Waals surface area contributed by atoms with Crippen molar-refractivity contribution in [1.82, 2.24) is 24.3 Å². The minimum absolute atomic E-state index is 0.136. The predicted molar refractivity (Wildman–Crippen MR) is 162 cm³/mol. The Labute approximate surface area is 247 Å². The first-order valence-corrected chi connectivity index (χ1v) is 15.2. The molecule has 0 bridgehead atoms. The predicted octanol–water partition coefficient (Wildman–Crippen LogP) is 1.70. The summed E-state index contributed by atoms with van der Waals surface area (Å²) in [6.45, 7) is 4.94. The molecule has 2 saturated carbocycles. The number of urea groups is 1. The van der Waals surface area contributed by atoms with Crippen LogP contribution in [-0.2, 0) is 17.6 Å². The number of hydrogen-bond donors (Lipinski definition) is 3. The number of aryl methyl sites for hydroxylation is 1. The van der Waals surface area contributed by atoms with Crippen LogP contribution in [0.15, 0.2) is 35.3 Å². The van der Waals surface area contributed by atoms with Crippen LogP contribution in [0.5, 0.6) is 0 Å². The standard InChI is InChI=1S/C31H44N8O3/c1-30(2,33)27(40)37-10-12-38(13-11-37)28(41)34-26-8-9-39(29(42)35-26)24-7-5-20-14-23(6-4-21(20)15-24)36(3)25-18-31(19-25)16-22(32)17-31/h5,7-9,15,22-23,25H,4,6,10-14,16-19,32-33H2,1-3H3,(H,34,35,41,42). The van der Waals surface area contributed by atoms with Crippen molar-refractivity contribution in [2.45, 2.75) is 82.5 Å². The van der Waals surface area contributed by atoms with E-state index in [-0.39, 0.29) is 17.8 Å². The molecule has 4 aliphatic rings. The number of hydrogen-bond acceptors (Lipinski definition) is 7. The molecule has 1 unspecified atom stereocenters. The monoisotopic (exact) mass is 576 g/mol. The van der Waals surface area contributed by atoms with E-state index in [0.717, 1.165) is 24.9 Å². The molecule has 226 valence electrons. The average Bonchev–Trinajstić information content (AvgIpc) is 2.92. The number of aromatic nitrogens is 2. The molecule has 3 amide bonds. The van der Waals surface area contributed by atoms with Crippen molar-refractivity contribution in [3.63, 3.8) is 0 Å². The van der Waals surface area contributed by atoms with E-state index in [0.29, 0.717) is 49.7 Å². The number of likely N-dealkylation sites (N-methyl/N-ethyl adjacent to an activating group) is 1. The second-order valence-corrected chi connectivity index (χ2v) is 13.6. The van der Waals surface area contributed by atoms with Gasteiger partial charge in [-0.25, -0.2) is 9.59 Å². The van der Waals surface area contributed by atoms with Crippen LogP contribution in [0.1, 0.15) is 57.1 Å². The second kappa shape index (κ2) is 10.8. The topological polar surface area (TPSA) is 143 Å². The van der Waals surface area contributed by atoms with Crippen molar-refractivity contribution >= 4 is 17.8 Å². The summed E-state index contributed by atoms with van der Waals surface area (Å²) in [6, 6.07) is 9.16. The SMILES string of the molecule is CN(C1CCc2cc(-n3ccc(NC(=O)N4CCN(C(=O)C(C)(C)N)CC4)nc3=O)ccc2C1)C1CC2(CC(N)C2)C1. The Bertz CT molecular complexity index is 1410. The Balaban J connectivity index is 1.04. The zero-order chi connectivity index (χ0) is 29.8. The van der Waals surface area contributed by atoms with Gasteiger partial charge in [0, 0.05) is 50.5 Å². The number of anilines is 1.